The van der Waals surface area contributed by atoms with Crippen LogP contribution in [0.4, 0.5) is 5.69 Å². The summed E-state index contributed by atoms with van der Waals surface area (Å²) >= 11 is 9.19. The molecule has 2 N–H and O–H groups in total. The summed E-state index contributed by atoms with van der Waals surface area (Å²) in [7, 11) is -0.880. The van der Waals surface area contributed by atoms with Crippen molar-refractivity contribution < 1.29 is 32.2 Å². The van der Waals surface area contributed by atoms with Crippen LogP contribution < -0.4 is 24.4 Å². The summed E-state index contributed by atoms with van der Waals surface area (Å²) in [6.07, 6.45) is 1.33. The Kier molecular flexibility index (Phi) is 9.84. The Hall–Kier alpha value is -4.39. The fourth-order valence-corrected chi connectivity index (χ4v) is 5.14. The minimum absolute atomic E-state index is 0.0457. The Morgan fingerprint density at radius 1 is 0.833 bits per heavy atom. The first-order chi connectivity index (χ1) is 20.1. The normalized spacial score (nSPS) is 11.1. The lowest BCUT2D eigenvalue weighted by Crippen LogP contribution is -2.18. The van der Waals surface area contributed by atoms with Crippen molar-refractivity contribution in [2.24, 2.45) is 5.10 Å². The van der Waals surface area contributed by atoms with Gasteiger partial charge in [0.25, 0.3) is 15.9 Å². The van der Waals surface area contributed by atoms with Gasteiger partial charge in [-0.25, -0.2) is 18.6 Å². The first-order valence-corrected chi connectivity index (χ1v) is 14.7. The number of halogens is 2. The Morgan fingerprint density at radius 3 is 2.14 bits per heavy atom. The summed E-state index contributed by atoms with van der Waals surface area (Å²) in [5.41, 5.74) is 3.54. The van der Waals surface area contributed by atoms with Gasteiger partial charge in [-0.15, -0.1) is 0 Å². The van der Waals surface area contributed by atoms with E-state index in [0.717, 1.165) is 0 Å². The van der Waals surface area contributed by atoms with Gasteiger partial charge in [-0.2, -0.15) is 5.10 Å². The number of methoxy groups -OCH3 is 2. The van der Waals surface area contributed by atoms with Crippen LogP contribution in [0.5, 0.6) is 17.2 Å². The predicted octanol–water partition coefficient (Wildman–Crippen LogP) is 5.90. The molecule has 0 saturated heterocycles. The maximum absolute atomic E-state index is 12.8. The number of hydrazone groups is 1. The number of anilines is 1. The van der Waals surface area contributed by atoms with Crippen molar-refractivity contribution >= 4 is 61.3 Å². The minimum atomic E-state index is -3.83. The molecule has 0 bridgehead atoms. The SMILES string of the molecule is COc1ccc(C(=O)Oc2ccc(Br)cc2C=NNC(=O)c2ccc(NS(=O)(=O)c3ccc(Cl)cc3)cc2)cc1OC. The van der Waals surface area contributed by atoms with Crippen molar-refractivity contribution in [1.29, 1.82) is 0 Å². The molecule has 0 heterocycles. The number of hydrogen-bond acceptors (Lipinski definition) is 8. The van der Waals surface area contributed by atoms with Crippen molar-refractivity contribution in [2.75, 3.05) is 18.9 Å². The standard InChI is InChI=1S/C29H23BrClN3O7S/c1-39-26-13-5-19(16-27(26)40-2)29(36)41-25-14-6-21(30)15-20(25)17-32-33-28(35)18-3-9-23(10-4-18)34-42(37,38)24-11-7-22(31)8-12-24/h3-17,34H,1-2H3,(H,33,35). The second kappa shape index (κ2) is 13.5. The summed E-state index contributed by atoms with van der Waals surface area (Å²) in [4.78, 5) is 25.5. The lowest BCUT2D eigenvalue weighted by molar-refractivity contribution is 0.0733. The first kappa shape index (κ1) is 30.6. The largest absolute Gasteiger partial charge is 0.493 e. The molecule has 0 unspecified atom stereocenters. The van der Waals surface area contributed by atoms with Crippen LogP contribution in [0.1, 0.15) is 26.3 Å². The maximum Gasteiger partial charge on any atom is 0.343 e. The Balaban J connectivity index is 1.41. The second-order valence-electron chi connectivity index (χ2n) is 8.48. The molecule has 0 saturated carbocycles. The van der Waals surface area contributed by atoms with Crippen molar-refractivity contribution in [3.05, 3.63) is 111 Å². The van der Waals surface area contributed by atoms with Gasteiger partial charge in [-0.1, -0.05) is 27.5 Å². The number of nitrogens with zero attached hydrogens (tertiary/aromatic N) is 1. The number of benzene rings is 4. The van der Waals surface area contributed by atoms with Crippen LogP contribution in [0, 0.1) is 0 Å². The van der Waals surface area contributed by atoms with Gasteiger partial charge < -0.3 is 14.2 Å². The Bertz CT molecular complexity index is 1750. The molecule has 0 spiro atoms. The quantitative estimate of drug-likeness (QED) is 0.0928. The molecule has 0 aliphatic carbocycles. The molecule has 0 aliphatic rings. The van der Waals surface area contributed by atoms with E-state index in [1.165, 1.54) is 75.0 Å². The van der Waals surface area contributed by atoms with Crippen molar-refractivity contribution in [3.8, 4) is 17.2 Å². The second-order valence-corrected chi connectivity index (χ2v) is 11.5. The number of rotatable bonds is 10. The highest BCUT2D eigenvalue weighted by Crippen LogP contribution is 2.29. The summed E-state index contributed by atoms with van der Waals surface area (Å²) in [6, 6.07) is 21.1. The molecule has 0 atom stereocenters. The number of carbonyl (C=O) groups excluding carboxylic acids is 2. The number of hydrogen-bond donors (Lipinski definition) is 2. The summed E-state index contributed by atoms with van der Waals surface area (Å²) in [6.45, 7) is 0. The Labute approximate surface area is 255 Å². The van der Waals surface area contributed by atoms with Crippen molar-refractivity contribution in [1.82, 2.24) is 5.43 Å². The predicted molar refractivity (Wildman–Crippen MR) is 162 cm³/mol. The molecular weight excluding hydrogens is 650 g/mol. The average Bonchev–Trinajstić information content (AvgIpc) is 2.98. The van der Waals surface area contributed by atoms with E-state index < -0.39 is 21.9 Å². The molecule has 0 fully saturated rings. The van der Waals surface area contributed by atoms with Crippen LogP contribution in [0.3, 0.4) is 0 Å². The van der Waals surface area contributed by atoms with E-state index in [1.54, 1.807) is 30.3 Å². The van der Waals surface area contributed by atoms with Crippen molar-refractivity contribution in [3.63, 3.8) is 0 Å². The molecule has 10 nitrogen and oxygen atoms in total. The third-order valence-corrected chi connectivity index (χ3v) is 7.83. The van der Waals surface area contributed by atoms with Gasteiger partial charge in [0.2, 0.25) is 0 Å². The van der Waals surface area contributed by atoms with Gasteiger partial charge in [-0.3, -0.25) is 9.52 Å². The van der Waals surface area contributed by atoms with E-state index >= 15 is 0 Å². The van der Waals surface area contributed by atoms with Crippen LogP contribution in [-0.4, -0.2) is 40.7 Å². The molecular formula is C29H23BrClN3O7S. The maximum atomic E-state index is 12.8. The van der Waals surface area contributed by atoms with E-state index in [1.807, 2.05) is 0 Å². The fourth-order valence-electron chi connectivity index (χ4n) is 3.58. The third kappa shape index (κ3) is 7.66. The zero-order chi connectivity index (χ0) is 30.3. The van der Waals surface area contributed by atoms with Crippen LogP contribution in [0.2, 0.25) is 5.02 Å². The fraction of sp³-hybridized carbons (Fsp3) is 0.0690. The summed E-state index contributed by atoms with van der Waals surface area (Å²) < 4.78 is 44.3. The van der Waals surface area contributed by atoms with E-state index in [-0.39, 0.29) is 27.5 Å². The van der Waals surface area contributed by atoms with E-state index in [2.05, 4.69) is 31.2 Å². The number of amides is 1. The molecule has 0 aliphatic heterocycles. The molecule has 13 heteroatoms. The first-order valence-electron chi connectivity index (χ1n) is 12.1. The number of carbonyl (C=O) groups is 2. The lowest BCUT2D eigenvalue weighted by atomic mass is 10.2. The molecule has 0 aromatic heterocycles. The highest BCUT2D eigenvalue weighted by Gasteiger charge is 2.16. The number of ether oxygens (including phenoxy) is 3. The lowest BCUT2D eigenvalue weighted by Gasteiger charge is -2.11. The molecule has 216 valence electrons. The minimum Gasteiger partial charge on any atom is -0.493 e. The van der Waals surface area contributed by atoms with Crippen LogP contribution in [0.25, 0.3) is 0 Å². The van der Waals surface area contributed by atoms with E-state index in [0.29, 0.717) is 26.6 Å². The zero-order valence-corrected chi connectivity index (χ0v) is 25.3. The summed E-state index contributed by atoms with van der Waals surface area (Å²) in [5, 5.41) is 4.40. The topological polar surface area (TPSA) is 132 Å². The van der Waals surface area contributed by atoms with Crippen LogP contribution in [-0.2, 0) is 10.0 Å². The molecule has 1 amide bonds. The third-order valence-electron chi connectivity index (χ3n) is 5.69. The highest BCUT2D eigenvalue weighted by atomic mass is 79.9. The highest BCUT2D eigenvalue weighted by molar-refractivity contribution is 9.10. The number of nitrogens with one attached hydrogen (secondary N) is 2. The number of sulfonamides is 1. The summed E-state index contributed by atoms with van der Waals surface area (Å²) in [5.74, 6) is -0.136. The van der Waals surface area contributed by atoms with Gasteiger partial charge >= 0.3 is 5.97 Å². The molecule has 4 aromatic carbocycles. The molecule has 4 rings (SSSR count). The van der Waals surface area contributed by atoms with E-state index in [9.17, 15) is 18.0 Å². The van der Waals surface area contributed by atoms with Gasteiger partial charge in [0.15, 0.2) is 11.5 Å². The average molecular weight is 673 g/mol. The van der Waals surface area contributed by atoms with Gasteiger partial charge in [0.1, 0.15) is 5.75 Å². The zero-order valence-electron chi connectivity index (χ0n) is 22.1. The Morgan fingerprint density at radius 2 is 1.48 bits per heavy atom. The number of esters is 1. The van der Waals surface area contributed by atoms with Gasteiger partial charge in [0, 0.05) is 26.3 Å². The molecule has 0 radical (unpaired) electrons. The van der Waals surface area contributed by atoms with Crippen LogP contribution in [0.15, 0.2) is 99.4 Å². The van der Waals surface area contributed by atoms with Gasteiger partial charge in [0.05, 0.1) is 30.9 Å². The molecule has 4 aromatic rings. The molecule has 42 heavy (non-hydrogen) atoms. The van der Waals surface area contributed by atoms with E-state index in [4.69, 9.17) is 25.8 Å². The van der Waals surface area contributed by atoms with Gasteiger partial charge in [-0.05, 0) is 84.9 Å². The van der Waals surface area contributed by atoms with Crippen molar-refractivity contribution in [2.45, 2.75) is 4.90 Å². The van der Waals surface area contributed by atoms with Crippen LogP contribution >= 0.6 is 27.5 Å². The monoisotopic (exact) mass is 671 g/mol. The smallest absolute Gasteiger partial charge is 0.343 e.